The smallest absolute Gasteiger partial charge is 0.228 e. The van der Waals surface area contributed by atoms with Crippen LogP contribution in [0.4, 0.5) is 17.6 Å². The molecule has 0 aliphatic heterocycles. The summed E-state index contributed by atoms with van der Waals surface area (Å²) in [7, 11) is 0. The van der Waals surface area contributed by atoms with E-state index in [1.54, 1.807) is 36.4 Å². The minimum atomic E-state index is -4.67. The van der Waals surface area contributed by atoms with Crippen molar-refractivity contribution in [2.75, 3.05) is 0 Å². The number of pyridine rings is 1. The molecule has 0 aliphatic rings. The van der Waals surface area contributed by atoms with Gasteiger partial charge < -0.3 is 0 Å². The topological polar surface area (TPSA) is 56.0 Å². The van der Waals surface area contributed by atoms with Crippen LogP contribution in [-0.2, 0) is 6.18 Å². The fourth-order valence-corrected chi connectivity index (χ4v) is 3.26. The van der Waals surface area contributed by atoms with Gasteiger partial charge in [0.2, 0.25) is 0 Å². The van der Waals surface area contributed by atoms with E-state index in [0.29, 0.717) is 11.1 Å². The molecule has 3 aromatic heterocycles. The Bertz CT molecular complexity index is 1390. The van der Waals surface area contributed by atoms with E-state index in [1.165, 1.54) is 24.5 Å². The van der Waals surface area contributed by atoms with Crippen molar-refractivity contribution in [3.63, 3.8) is 0 Å². The van der Waals surface area contributed by atoms with Crippen molar-refractivity contribution in [1.82, 2.24) is 24.6 Å². The van der Waals surface area contributed by atoms with Gasteiger partial charge in [-0.05, 0) is 18.2 Å². The van der Waals surface area contributed by atoms with Gasteiger partial charge in [0.15, 0.2) is 17.1 Å². The molecule has 0 aliphatic carbocycles. The van der Waals surface area contributed by atoms with Crippen molar-refractivity contribution in [2.24, 2.45) is 0 Å². The Morgan fingerprint density at radius 2 is 1.60 bits per heavy atom. The van der Waals surface area contributed by atoms with Crippen molar-refractivity contribution in [3.8, 4) is 22.6 Å². The standard InChI is InChI=1S/C21H11F4N5/c22-14-8-4-7-13(9-14)18-28-20-17-15(21(23,24)25)10-16(12-5-2-1-3-6-12)27-19(17)26-11-30(20)29-18/h1-11H. The summed E-state index contributed by atoms with van der Waals surface area (Å²) < 4.78 is 56.6. The van der Waals surface area contributed by atoms with Crippen LogP contribution in [0.2, 0.25) is 0 Å². The minimum absolute atomic E-state index is 0.0568. The van der Waals surface area contributed by atoms with Crippen molar-refractivity contribution >= 4 is 16.7 Å². The maximum Gasteiger partial charge on any atom is 0.417 e. The summed E-state index contributed by atoms with van der Waals surface area (Å²) in [5.41, 5.74) is -0.0457. The van der Waals surface area contributed by atoms with Gasteiger partial charge in [-0.1, -0.05) is 42.5 Å². The van der Waals surface area contributed by atoms with Crippen LogP contribution in [0.15, 0.2) is 67.0 Å². The SMILES string of the molecule is Fc1cccc(-c2nc3c4c(C(F)(F)F)cc(-c5ccccc5)nc4ncn3n2)c1. The third-order valence-corrected chi connectivity index (χ3v) is 4.60. The van der Waals surface area contributed by atoms with Gasteiger partial charge >= 0.3 is 6.18 Å². The molecule has 3 heterocycles. The lowest BCUT2D eigenvalue weighted by atomic mass is 10.1. The van der Waals surface area contributed by atoms with Gasteiger partial charge in [0.1, 0.15) is 12.1 Å². The fraction of sp³-hybridized carbons (Fsp3) is 0.0476. The second-order valence-electron chi connectivity index (χ2n) is 6.58. The Labute approximate surface area is 166 Å². The summed E-state index contributed by atoms with van der Waals surface area (Å²) in [5, 5.41) is 3.90. The van der Waals surface area contributed by atoms with Crippen LogP contribution in [0.25, 0.3) is 39.3 Å². The molecule has 0 bridgehead atoms. The number of hydrogen-bond donors (Lipinski definition) is 0. The molecule has 0 saturated heterocycles. The number of fused-ring (bicyclic) bond motifs is 3. The summed E-state index contributed by atoms with van der Waals surface area (Å²) in [6.45, 7) is 0. The highest BCUT2D eigenvalue weighted by Crippen LogP contribution is 2.37. The molecular weight excluding hydrogens is 398 g/mol. The average Bonchev–Trinajstić information content (AvgIpc) is 3.17. The maximum atomic E-state index is 14.0. The summed E-state index contributed by atoms with van der Waals surface area (Å²) in [6.07, 6.45) is -3.42. The van der Waals surface area contributed by atoms with Gasteiger partial charge in [0.05, 0.1) is 16.6 Å². The summed E-state index contributed by atoms with van der Waals surface area (Å²) >= 11 is 0. The van der Waals surface area contributed by atoms with Crippen LogP contribution < -0.4 is 0 Å². The van der Waals surface area contributed by atoms with Crippen LogP contribution in [0.1, 0.15) is 5.56 Å². The lowest BCUT2D eigenvalue weighted by Crippen LogP contribution is -2.09. The normalized spacial score (nSPS) is 12.0. The number of hydrogen-bond acceptors (Lipinski definition) is 4. The molecule has 0 fully saturated rings. The zero-order valence-electron chi connectivity index (χ0n) is 15.1. The van der Waals surface area contributed by atoms with Gasteiger partial charge in [0.25, 0.3) is 0 Å². The molecule has 0 atom stereocenters. The Kier molecular flexibility index (Phi) is 3.99. The number of aromatic nitrogens is 5. The second kappa shape index (κ2) is 6.58. The number of halogens is 4. The van der Waals surface area contributed by atoms with Gasteiger partial charge in [-0.2, -0.15) is 13.2 Å². The highest BCUT2D eigenvalue weighted by molar-refractivity contribution is 5.94. The maximum absolute atomic E-state index is 14.0. The van der Waals surface area contributed by atoms with Crippen LogP contribution in [-0.4, -0.2) is 24.6 Å². The molecule has 0 saturated carbocycles. The predicted octanol–water partition coefficient (Wildman–Crippen LogP) is 5.16. The quantitative estimate of drug-likeness (QED) is 0.378. The van der Waals surface area contributed by atoms with Gasteiger partial charge in [0, 0.05) is 11.1 Å². The largest absolute Gasteiger partial charge is 0.417 e. The first-order valence-electron chi connectivity index (χ1n) is 8.85. The van der Waals surface area contributed by atoms with E-state index in [2.05, 4.69) is 20.1 Å². The molecule has 148 valence electrons. The number of nitrogens with zero attached hydrogens (tertiary/aromatic N) is 5. The third kappa shape index (κ3) is 3.04. The van der Waals surface area contributed by atoms with Gasteiger partial charge in [-0.25, -0.2) is 23.9 Å². The second-order valence-corrected chi connectivity index (χ2v) is 6.58. The van der Waals surface area contributed by atoms with E-state index in [9.17, 15) is 17.6 Å². The fourth-order valence-electron chi connectivity index (χ4n) is 3.26. The molecule has 2 aromatic carbocycles. The van der Waals surface area contributed by atoms with E-state index in [-0.39, 0.29) is 28.2 Å². The summed E-state index contributed by atoms with van der Waals surface area (Å²) in [6, 6.07) is 15.0. The Morgan fingerprint density at radius 3 is 2.33 bits per heavy atom. The summed E-state index contributed by atoms with van der Waals surface area (Å²) in [5.74, 6) is -0.413. The molecule has 5 nitrogen and oxygen atoms in total. The molecule has 0 unspecified atom stereocenters. The van der Waals surface area contributed by atoms with Crippen LogP contribution >= 0.6 is 0 Å². The molecule has 0 spiro atoms. The van der Waals surface area contributed by atoms with Crippen molar-refractivity contribution in [1.29, 1.82) is 0 Å². The predicted molar refractivity (Wildman–Crippen MR) is 102 cm³/mol. The zero-order valence-corrected chi connectivity index (χ0v) is 15.1. The van der Waals surface area contributed by atoms with E-state index >= 15 is 0 Å². The van der Waals surface area contributed by atoms with E-state index in [1.807, 2.05) is 0 Å². The molecule has 0 N–H and O–H groups in total. The zero-order chi connectivity index (χ0) is 20.9. The summed E-state index contributed by atoms with van der Waals surface area (Å²) in [4.78, 5) is 12.6. The van der Waals surface area contributed by atoms with E-state index < -0.39 is 17.6 Å². The molecule has 5 rings (SSSR count). The first kappa shape index (κ1) is 18.2. The molecule has 30 heavy (non-hydrogen) atoms. The lowest BCUT2D eigenvalue weighted by Gasteiger charge is -2.12. The molecule has 9 heteroatoms. The first-order valence-corrected chi connectivity index (χ1v) is 8.85. The van der Waals surface area contributed by atoms with Crippen LogP contribution in [0, 0.1) is 5.82 Å². The van der Waals surface area contributed by atoms with Gasteiger partial charge in [-0.3, -0.25) is 0 Å². The Hall–Kier alpha value is -3.88. The average molecular weight is 409 g/mol. The molecule has 5 aromatic rings. The Morgan fingerprint density at radius 1 is 0.833 bits per heavy atom. The van der Waals surface area contributed by atoms with E-state index in [0.717, 1.165) is 10.6 Å². The highest BCUT2D eigenvalue weighted by Gasteiger charge is 2.35. The van der Waals surface area contributed by atoms with Crippen molar-refractivity contribution < 1.29 is 17.6 Å². The number of benzene rings is 2. The van der Waals surface area contributed by atoms with Crippen molar-refractivity contribution in [2.45, 2.75) is 6.18 Å². The molecule has 0 radical (unpaired) electrons. The third-order valence-electron chi connectivity index (χ3n) is 4.60. The number of alkyl halides is 3. The first-order chi connectivity index (χ1) is 14.4. The van der Waals surface area contributed by atoms with Crippen LogP contribution in [0.3, 0.4) is 0 Å². The van der Waals surface area contributed by atoms with Crippen molar-refractivity contribution in [3.05, 3.63) is 78.4 Å². The van der Waals surface area contributed by atoms with Crippen LogP contribution in [0.5, 0.6) is 0 Å². The monoisotopic (exact) mass is 409 g/mol. The highest BCUT2D eigenvalue weighted by atomic mass is 19.4. The lowest BCUT2D eigenvalue weighted by molar-refractivity contribution is -0.136. The minimum Gasteiger partial charge on any atom is -0.228 e. The van der Waals surface area contributed by atoms with E-state index in [4.69, 9.17) is 0 Å². The molecular formula is C21H11F4N5. The Balaban J connectivity index is 1.81. The number of rotatable bonds is 2. The van der Waals surface area contributed by atoms with Gasteiger partial charge in [-0.15, -0.1) is 5.10 Å². The molecule has 0 amide bonds.